The third kappa shape index (κ3) is 2.37. The Morgan fingerprint density at radius 3 is 2.84 bits per heavy atom. The summed E-state index contributed by atoms with van der Waals surface area (Å²) >= 11 is 3.42. The normalized spacial score (nSPS) is 10.6. The summed E-state index contributed by atoms with van der Waals surface area (Å²) < 4.78 is 6.41. The highest BCUT2D eigenvalue weighted by atomic mass is 79.9. The largest absolute Gasteiger partial charge is 0.451 e. The van der Waals surface area contributed by atoms with E-state index in [1.54, 1.807) is 30.5 Å². The average molecular weight is 317 g/mol. The van der Waals surface area contributed by atoms with Gasteiger partial charge in [0.1, 0.15) is 11.4 Å². The Hall–Kier alpha value is -2.14. The molecule has 1 amide bonds. The summed E-state index contributed by atoms with van der Waals surface area (Å²) in [5, 5.41) is 3.55. The van der Waals surface area contributed by atoms with E-state index < -0.39 is 0 Å². The molecule has 0 unspecified atom stereocenters. The van der Waals surface area contributed by atoms with E-state index in [-0.39, 0.29) is 11.7 Å². The van der Waals surface area contributed by atoms with Gasteiger partial charge in [-0.25, -0.2) is 4.98 Å². The first kappa shape index (κ1) is 11.9. The minimum Gasteiger partial charge on any atom is -0.451 e. The molecule has 0 atom stereocenters. The summed E-state index contributed by atoms with van der Waals surface area (Å²) in [6.45, 7) is 0. The Morgan fingerprint density at radius 2 is 2.11 bits per heavy atom. The van der Waals surface area contributed by atoms with Crippen molar-refractivity contribution in [3.63, 3.8) is 0 Å². The van der Waals surface area contributed by atoms with Crippen LogP contribution in [-0.2, 0) is 0 Å². The summed E-state index contributed by atoms with van der Waals surface area (Å²) in [5.41, 5.74) is 0.667. The number of carbonyl (C=O) groups excluding carboxylic acids is 1. The van der Waals surface area contributed by atoms with Gasteiger partial charge in [-0.05, 0) is 30.3 Å². The van der Waals surface area contributed by atoms with Gasteiger partial charge in [-0.3, -0.25) is 4.79 Å². The second-order valence-electron chi connectivity index (χ2n) is 3.93. The Bertz CT molecular complexity index is 738. The second-order valence-corrected chi connectivity index (χ2v) is 4.79. The summed E-state index contributed by atoms with van der Waals surface area (Å²) in [6, 6.07) is 12.6. The number of anilines is 1. The first-order valence-electron chi connectivity index (χ1n) is 5.64. The molecule has 0 spiro atoms. The molecule has 4 nitrogen and oxygen atoms in total. The van der Waals surface area contributed by atoms with Crippen molar-refractivity contribution >= 4 is 38.6 Å². The van der Waals surface area contributed by atoms with E-state index >= 15 is 0 Å². The number of furan rings is 1. The Kier molecular flexibility index (Phi) is 3.05. The Labute approximate surface area is 117 Å². The molecule has 2 heterocycles. The highest BCUT2D eigenvalue weighted by molar-refractivity contribution is 9.10. The maximum atomic E-state index is 12.0. The van der Waals surface area contributed by atoms with Crippen LogP contribution in [0.2, 0.25) is 0 Å². The monoisotopic (exact) mass is 316 g/mol. The number of hydrogen-bond donors (Lipinski definition) is 1. The van der Waals surface area contributed by atoms with E-state index in [0.29, 0.717) is 11.4 Å². The predicted octanol–water partition coefficient (Wildman–Crippen LogP) is 3.84. The lowest BCUT2D eigenvalue weighted by Crippen LogP contribution is -2.11. The number of halogens is 1. The first-order valence-corrected chi connectivity index (χ1v) is 6.44. The first-order chi connectivity index (χ1) is 9.24. The molecule has 3 aromatic rings. The van der Waals surface area contributed by atoms with Crippen molar-refractivity contribution in [2.45, 2.75) is 0 Å². The molecule has 2 aromatic heterocycles. The summed E-state index contributed by atoms with van der Waals surface area (Å²) in [7, 11) is 0. The van der Waals surface area contributed by atoms with Crippen molar-refractivity contribution in [2.75, 3.05) is 5.32 Å². The number of rotatable bonds is 2. The van der Waals surface area contributed by atoms with Gasteiger partial charge in [0, 0.05) is 16.1 Å². The number of aromatic nitrogens is 1. The molecule has 0 saturated heterocycles. The number of hydrogen-bond acceptors (Lipinski definition) is 3. The van der Waals surface area contributed by atoms with Gasteiger partial charge in [-0.2, -0.15) is 0 Å². The lowest BCUT2D eigenvalue weighted by Gasteiger charge is -2.00. The van der Waals surface area contributed by atoms with E-state index in [1.807, 2.05) is 18.2 Å². The summed E-state index contributed by atoms with van der Waals surface area (Å²) in [4.78, 5) is 16.1. The van der Waals surface area contributed by atoms with Crippen LogP contribution in [0.25, 0.3) is 11.0 Å². The van der Waals surface area contributed by atoms with Gasteiger partial charge in [-0.15, -0.1) is 0 Å². The molecule has 1 aromatic carbocycles. The van der Waals surface area contributed by atoms with Crippen LogP contribution < -0.4 is 5.32 Å². The highest BCUT2D eigenvalue weighted by Gasteiger charge is 2.13. The van der Waals surface area contributed by atoms with Crippen molar-refractivity contribution < 1.29 is 9.21 Å². The van der Waals surface area contributed by atoms with E-state index in [0.717, 1.165) is 9.86 Å². The summed E-state index contributed by atoms with van der Waals surface area (Å²) in [5.74, 6) is 0.432. The fourth-order valence-electron chi connectivity index (χ4n) is 1.75. The van der Waals surface area contributed by atoms with Gasteiger partial charge in [0.05, 0.1) is 0 Å². The molecule has 94 valence electrons. The van der Waals surface area contributed by atoms with Crippen LogP contribution >= 0.6 is 15.9 Å². The van der Waals surface area contributed by atoms with E-state index in [4.69, 9.17) is 4.42 Å². The smallest absolute Gasteiger partial charge is 0.292 e. The number of nitrogens with one attached hydrogen (secondary N) is 1. The number of nitrogens with zero attached hydrogens (tertiary/aromatic N) is 1. The van der Waals surface area contributed by atoms with Crippen LogP contribution in [0.3, 0.4) is 0 Å². The van der Waals surface area contributed by atoms with Crippen LogP contribution in [0.15, 0.2) is 57.6 Å². The predicted molar refractivity (Wildman–Crippen MR) is 76.1 cm³/mol. The van der Waals surface area contributed by atoms with Crippen LogP contribution in [0.1, 0.15) is 10.6 Å². The van der Waals surface area contributed by atoms with Crippen molar-refractivity contribution in [2.24, 2.45) is 0 Å². The van der Waals surface area contributed by atoms with Crippen LogP contribution in [0.4, 0.5) is 5.82 Å². The topological polar surface area (TPSA) is 55.1 Å². The van der Waals surface area contributed by atoms with Crippen molar-refractivity contribution in [1.82, 2.24) is 4.98 Å². The van der Waals surface area contributed by atoms with E-state index in [9.17, 15) is 4.79 Å². The molecule has 0 bridgehead atoms. The number of carbonyl (C=O) groups is 1. The maximum absolute atomic E-state index is 12.0. The SMILES string of the molecule is O=C(Nc1ccccn1)c1cc2c(Br)cccc2o1. The third-order valence-corrected chi connectivity index (χ3v) is 3.33. The van der Waals surface area contributed by atoms with Crippen molar-refractivity contribution in [3.05, 3.63) is 58.9 Å². The zero-order chi connectivity index (χ0) is 13.2. The molecular weight excluding hydrogens is 308 g/mol. The molecule has 3 rings (SSSR count). The maximum Gasteiger partial charge on any atom is 0.292 e. The van der Waals surface area contributed by atoms with Crippen LogP contribution in [0, 0.1) is 0 Å². The lowest BCUT2D eigenvalue weighted by atomic mass is 10.2. The highest BCUT2D eigenvalue weighted by Crippen LogP contribution is 2.27. The van der Waals surface area contributed by atoms with Gasteiger partial charge in [-0.1, -0.05) is 28.1 Å². The molecule has 0 radical (unpaired) electrons. The van der Waals surface area contributed by atoms with Crippen LogP contribution in [0.5, 0.6) is 0 Å². The standard InChI is InChI=1S/C14H9BrN2O2/c15-10-4-3-5-11-9(10)8-12(19-11)14(18)17-13-6-1-2-7-16-13/h1-8H,(H,16,17,18). The Balaban J connectivity index is 1.92. The molecule has 0 saturated carbocycles. The Morgan fingerprint density at radius 1 is 1.21 bits per heavy atom. The quantitative estimate of drug-likeness (QED) is 0.781. The van der Waals surface area contributed by atoms with Gasteiger partial charge < -0.3 is 9.73 Å². The van der Waals surface area contributed by atoms with Gasteiger partial charge in [0.2, 0.25) is 0 Å². The van der Waals surface area contributed by atoms with Gasteiger partial charge >= 0.3 is 0 Å². The number of fused-ring (bicyclic) bond motifs is 1. The number of amides is 1. The van der Waals surface area contributed by atoms with Crippen LogP contribution in [-0.4, -0.2) is 10.9 Å². The molecule has 0 aliphatic rings. The molecule has 1 N–H and O–H groups in total. The van der Waals surface area contributed by atoms with Crippen molar-refractivity contribution in [3.8, 4) is 0 Å². The molecule has 19 heavy (non-hydrogen) atoms. The zero-order valence-corrected chi connectivity index (χ0v) is 11.3. The molecular formula is C14H9BrN2O2. The average Bonchev–Trinajstić information content (AvgIpc) is 2.85. The molecule has 0 aliphatic carbocycles. The molecule has 0 aliphatic heterocycles. The van der Waals surface area contributed by atoms with E-state index in [2.05, 4.69) is 26.2 Å². The minimum absolute atomic E-state index is 0.257. The van der Waals surface area contributed by atoms with Gasteiger partial charge in [0.15, 0.2) is 5.76 Å². The van der Waals surface area contributed by atoms with Crippen molar-refractivity contribution in [1.29, 1.82) is 0 Å². The molecule has 5 heteroatoms. The zero-order valence-electron chi connectivity index (χ0n) is 9.76. The fourth-order valence-corrected chi connectivity index (χ4v) is 2.21. The van der Waals surface area contributed by atoms with E-state index in [1.165, 1.54) is 0 Å². The lowest BCUT2D eigenvalue weighted by molar-refractivity contribution is 0.0998. The number of benzene rings is 1. The fraction of sp³-hybridized carbons (Fsp3) is 0. The minimum atomic E-state index is -0.318. The van der Waals surface area contributed by atoms with Gasteiger partial charge in [0.25, 0.3) is 5.91 Å². The molecule has 0 fully saturated rings. The third-order valence-electron chi connectivity index (χ3n) is 2.64. The second kappa shape index (κ2) is 4.85. The number of pyridine rings is 1. The summed E-state index contributed by atoms with van der Waals surface area (Å²) in [6.07, 6.45) is 1.62.